The lowest BCUT2D eigenvalue weighted by Gasteiger charge is -2.35. The van der Waals surface area contributed by atoms with Gasteiger partial charge in [0.15, 0.2) is 11.6 Å². The number of carbonyl (C=O) groups is 2. The lowest BCUT2D eigenvalue weighted by molar-refractivity contribution is -0.137. The molecule has 1 aromatic rings. The smallest absolute Gasteiger partial charge is 0.230 e. The summed E-state index contributed by atoms with van der Waals surface area (Å²) in [5.74, 6) is -1.28. The first-order chi connectivity index (χ1) is 13.0. The Morgan fingerprint density at radius 3 is 2.41 bits per heavy atom. The van der Waals surface area contributed by atoms with Crippen LogP contribution in [0.15, 0.2) is 23.1 Å². The number of benzene rings is 1. The number of likely N-dealkylation sites (tertiary alicyclic amines) is 1. The van der Waals surface area contributed by atoms with Crippen molar-refractivity contribution in [2.45, 2.75) is 55.9 Å². The Morgan fingerprint density at radius 1 is 1.04 bits per heavy atom. The number of hydrogen-bond donors (Lipinski definition) is 1. The van der Waals surface area contributed by atoms with Gasteiger partial charge in [-0.1, -0.05) is 19.3 Å². The molecule has 4 nitrogen and oxygen atoms in total. The first-order valence-electron chi connectivity index (χ1n) is 9.69. The Hall–Kier alpha value is -1.63. The molecule has 1 saturated carbocycles. The fourth-order valence-corrected chi connectivity index (χ4v) is 4.57. The molecule has 2 amide bonds. The van der Waals surface area contributed by atoms with E-state index < -0.39 is 11.6 Å². The largest absolute Gasteiger partial charge is 0.353 e. The SMILES string of the molecule is O=C(CSc1ccc(F)c(F)c1)NC1CCN(C(=O)C2CCCCC2)CC1. The Bertz CT molecular complexity index is 672. The van der Waals surface area contributed by atoms with Gasteiger partial charge in [0.2, 0.25) is 11.8 Å². The van der Waals surface area contributed by atoms with E-state index in [4.69, 9.17) is 0 Å². The van der Waals surface area contributed by atoms with Gasteiger partial charge in [-0.15, -0.1) is 11.8 Å². The van der Waals surface area contributed by atoms with Crippen LogP contribution in [-0.4, -0.2) is 41.6 Å². The standard InChI is InChI=1S/C20H26F2N2O2S/c21-17-7-6-16(12-18(17)22)27-13-19(25)23-15-8-10-24(11-9-15)20(26)14-4-2-1-3-5-14/h6-7,12,14-15H,1-5,8-11,13H2,(H,23,25). The van der Waals surface area contributed by atoms with E-state index >= 15 is 0 Å². The van der Waals surface area contributed by atoms with Crippen LogP contribution in [0.5, 0.6) is 0 Å². The van der Waals surface area contributed by atoms with E-state index in [0.717, 1.165) is 50.7 Å². The summed E-state index contributed by atoms with van der Waals surface area (Å²) in [5, 5.41) is 2.99. The molecule has 0 spiro atoms. The molecular weight excluding hydrogens is 370 g/mol. The van der Waals surface area contributed by atoms with Crippen molar-refractivity contribution in [3.63, 3.8) is 0 Å². The van der Waals surface area contributed by atoms with E-state index in [1.165, 1.54) is 24.2 Å². The summed E-state index contributed by atoms with van der Waals surface area (Å²) in [7, 11) is 0. The predicted molar refractivity (Wildman–Crippen MR) is 101 cm³/mol. The maximum absolute atomic E-state index is 13.2. The number of thioether (sulfide) groups is 1. The number of rotatable bonds is 5. The molecule has 3 rings (SSSR count). The molecule has 1 saturated heterocycles. The molecule has 0 atom stereocenters. The molecule has 1 N–H and O–H groups in total. The predicted octanol–water partition coefficient (Wildman–Crippen LogP) is 3.74. The molecule has 1 aliphatic heterocycles. The third kappa shape index (κ3) is 5.67. The van der Waals surface area contributed by atoms with Gasteiger partial charge in [0.1, 0.15) is 0 Å². The van der Waals surface area contributed by atoms with E-state index in [1.54, 1.807) is 0 Å². The Morgan fingerprint density at radius 2 is 1.74 bits per heavy atom. The van der Waals surface area contributed by atoms with Gasteiger partial charge in [-0.3, -0.25) is 9.59 Å². The number of nitrogens with zero attached hydrogens (tertiary/aromatic N) is 1. The number of nitrogens with one attached hydrogen (secondary N) is 1. The van der Waals surface area contributed by atoms with Crippen LogP contribution in [0.25, 0.3) is 0 Å². The summed E-state index contributed by atoms with van der Waals surface area (Å²) in [6.45, 7) is 1.38. The highest BCUT2D eigenvalue weighted by Gasteiger charge is 2.29. The molecule has 0 aromatic heterocycles. The zero-order chi connectivity index (χ0) is 19.2. The van der Waals surface area contributed by atoms with Gasteiger partial charge in [-0.25, -0.2) is 8.78 Å². The second kappa shape index (κ2) is 9.53. The van der Waals surface area contributed by atoms with Gasteiger partial charge in [0.25, 0.3) is 0 Å². The second-order valence-corrected chi connectivity index (χ2v) is 8.42. The summed E-state index contributed by atoms with van der Waals surface area (Å²) < 4.78 is 26.1. The quantitative estimate of drug-likeness (QED) is 0.772. The molecule has 7 heteroatoms. The number of halogens is 2. The summed E-state index contributed by atoms with van der Waals surface area (Å²) in [6, 6.07) is 3.70. The van der Waals surface area contributed by atoms with Crippen LogP contribution in [0.3, 0.4) is 0 Å². The fourth-order valence-electron chi connectivity index (χ4n) is 3.84. The van der Waals surface area contributed by atoms with Crippen LogP contribution in [0.4, 0.5) is 8.78 Å². The van der Waals surface area contributed by atoms with Gasteiger partial charge in [-0.05, 0) is 43.9 Å². The average Bonchev–Trinajstić information content (AvgIpc) is 2.69. The van der Waals surface area contributed by atoms with Gasteiger partial charge in [0, 0.05) is 29.9 Å². The van der Waals surface area contributed by atoms with Gasteiger partial charge >= 0.3 is 0 Å². The highest BCUT2D eigenvalue weighted by Crippen LogP contribution is 2.26. The van der Waals surface area contributed by atoms with Crippen LogP contribution >= 0.6 is 11.8 Å². The monoisotopic (exact) mass is 396 g/mol. The van der Waals surface area contributed by atoms with Crippen LogP contribution in [0.1, 0.15) is 44.9 Å². The van der Waals surface area contributed by atoms with E-state index in [0.29, 0.717) is 18.0 Å². The van der Waals surface area contributed by atoms with Crippen molar-refractivity contribution in [2.75, 3.05) is 18.8 Å². The zero-order valence-electron chi connectivity index (χ0n) is 15.4. The number of carbonyl (C=O) groups excluding carboxylic acids is 2. The third-order valence-electron chi connectivity index (χ3n) is 5.39. The van der Waals surface area contributed by atoms with Crippen molar-refractivity contribution in [2.24, 2.45) is 5.92 Å². The maximum Gasteiger partial charge on any atom is 0.230 e. The minimum Gasteiger partial charge on any atom is -0.353 e. The molecule has 0 bridgehead atoms. The maximum atomic E-state index is 13.2. The number of piperidine rings is 1. The van der Waals surface area contributed by atoms with E-state index in [-0.39, 0.29) is 29.5 Å². The van der Waals surface area contributed by atoms with Crippen LogP contribution in [0.2, 0.25) is 0 Å². The minimum atomic E-state index is -0.907. The van der Waals surface area contributed by atoms with E-state index in [1.807, 2.05) is 4.90 Å². The van der Waals surface area contributed by atoms with Gasteiger partial charge in [-0.2, -0.15) is 0 Å². The van der Waals surface area contributed by atoms with Gasteiger partial charge in [0.05, 0.1) is 5.75 Å². The molecule has 2 fully saturated rings. The normalized spacial score (nSPS) is 19.1. The van der Waals surface area contributed by atoms with E-state index in [2.05, 4.69) is 5.32 Å². The van der Waals surface area contributed by atoms with Crippen LogP contribution in [0, 0.1) is 17.6 Å². The minimum absolute atomic E-state index is 0.0680. The van der Waals surface area contributed by atoms with Crippen molar-refractivity contribution in [3.05, 3.63) is 29.8 Å². The molecule has 148 valence electrons. The van der Waals surface area contributed by atoms with E-state index in [9.17, 15) is 18.4 Å². The second-order valence-electron chi connectivity index (χ2n) is 7.37. The molecule has 0 unspecified atom stereocenters. The van der Waals surface area contributed by atoms with Crippen molar-refractivity contribution in [1.82, 2.24) is 10.2 Å². The topological polar surface area (TPSA) is 49.4 Å². The molecule has 0 radical (unpaired) electrons. The lowest BCUT2D eigenvalue weighted by atomic mass is 9.87. The molecular formula is C20H26F2N2O2S. The number of amides is 2. The molecule has 1 aliphatic carbocycles. The summed E-state index contributed by atoms with van der Waals surface area (Å²) in [4.78, 5) is 27.2. The first kappa shape index (κ1) is 20.1. The molecule has 1 heterocycles. The lowest BCUT2D eigenvalue weighted by Crippen LogP contribution is -2.48. The van der Waals surface area contributed by atoms with Crippen LogP contribution < -0.4 is 5.32 Å². The Kier molecular flexibility index (Phi) is 7.10. The van der Waals surface area contributed by atoms with Crippen LogP contribution in [-0.2, 0) is 9.59 Å². The average molecular weight is 397 g/mol. The summed E-state index contributed by atoms with van der Waals surface area (Å²) in [5.41, 5.74) is 0. The fraction of sp³-hybridized carbons (Fsp3) is 0.600. The zero-order valence-corrected chi connectivity index (χ0v) is 16.2. The van der Waals surface area contributed by atoms with Crippen molar-refractivity contribution in [1.29, 1.82) is 0 Å². The van der Waals surface area contributed by atoms with Crippen molar-refractivity contribution < 1.29 is 18.4 Å². The highest BCUT2D eigenvalue weighted by atomic mass is 32.2. The third-order valence-corrected chi connectivity index (χ3v) is 6.38. The van der Waals surface area contributed by atoms with Crippen molar-refractivity contribution >= 4 is 23.6 Å². The van der Waals surface area contributed by atoms with Gasteiger partial charge < -0.3 is 10.2 Å². The molecule has 27 heavy (non-hydrogen) atoms. The Labute approximate surface area is 163 Å². The molecule has 2 aliphatic rings. The first-order valence-corrected chi connectivity index (χ1v) is 10.7. The Balaban J connectivity index is 1.38. The van der Waals surface area contributed by atoms with Crippen molar-refractivity contribution in [3.8, 4) is 0 Å². The summed E-state index contributed by atoms with van der Waals surface area (Å²) in [6.07, 6.45) is 7.09. The highest BCUT2D eigenvalue weighted by molar-refractivity contribution is 8.00. The number of hydrogen-bond acceptors (Lipinski definition) is 3. The molecule has 1 aromatic carbocycles. The summed E-state index contributed by atoms with van der Waals surface area (Å²) >= 11 is 1.18.